The Bertz CT molecular complexity index is 563. The Morgan fingerprint density at radius 3 is 2.59 bits per heavy atom. The van der Waals surface area contributed by atoms with Crippen LogP contribution in [0.2, 0.25) is 0 Å². The van der Waals surface area contributed by atoms with Crippen molar-refractivity contribution in [1.82, 2.24) is 9.88 Å². The van der Waals surface area contributed by atoms with E-state index in [0.717, 1.165) is 4.47 Å². The topological polar surface area (TPSA) is 88.7 Å². The number of ether oxygens (including phenoxy) is 2. The second-order valence-corrected chi connectivity index (χ2v) is 5.90. The Morgan fingerprint density at radius 2 is 2.05 bits per heavy atom. The normalized spacial score (nSPS) is 15.5. The number of carbonyl (C=O) groups excluding carboxylic acids is 3. The minimum Gasteiger partial charge on any atom is -0.469 e. The van der Waals surface area contributed by atoms with Crippen LogP contribution >= 0.6 is 15.9 Å². The van der Waals surface area contributed by atoms with Gasteiger partial charge < -0.3 is 19.4 Å². The molecule has 2 heterocycles. The predicted molar refractivity (Wildman–Crippen MR) is 80.1 cm³/mol. The van der Waals surface area contributed by atoms with Crippen LogP contribution in [-0.2, 0) is 19.1 Å². The summed E-state index contributed by atoms with van der Waals surface area (Å²) in [5.74, 6) is -1.24. The molecule has 1 aliphatic rings. The van der Waals surface area contributed by atoms with Crippen LogP contribution in [-0.4, -0.2) is 54.5 Å². The lowest BCUT2D eigenvalue weighted by atomic mass is 9.97. The van der Waals surface area contributed by atoms with Gasteiger partial charge in [-0.2, -0.15) is 0 Å². The minimum absolute atomic E-state index is 0.159. The lowest BCUT2D eigenvalue weighted by Crippen LogP contribution is -2.42. The second kappa shape index (κ2) is 7.44. The number of rotatable bonds is 4. The number of aromatic amines is 1. The van der Waals surface area contributed by atoms with Crippen LogP contribution in [0.4, 0.5) is 0 Å². The molecule has 0 unspecified atom stereocenters. The molecule has 0 spiro atoms. The first-order chi connectivity index (χ1) is 10.5. The highest BCUT2D eigenvalue weighted by Gasteiger charge is 2.28. The lowest BCUT2D eigenvalue weighted by Gasteiger charge is -2.30. The number of amides is 1. The predicted octanol–water partition coefficient (Wildman–Crippen LogP) is 1.35. The zero-order chi connectivity index (χ0) is 16.1. The fourth-order valence-electron chi connectivity index (χ4n) is 2.31. The first-order valence-corrected chi connectivity index (χ1v) is 7.67. The molecular weight excluding hydrogens is 356 g/mol. The Morgan fingerprint density at radius 1 is 1.36 bits per heavy atom. The monoisotopic (exact) mass is 372 g/mol. The largest absolute Gasteiger partial charge is 0.469 e. The maximum Gasteiger partial charge on any atom is 0.355 e. The molecule has 7 nitrogen and oxygen atoms in total. The van der Waals surface area contributed by atoms with E-state index in [4.69, 9.17) is 9.47 Å². The molecule has 2 rings (SSSR count). The SMILES string of the molecule is COC(=O)C1CCN(C(=O)COC(=O)c2cc(Br)c[nH]2)CC1. The zero-order valence-corrected chi connectivity index (χ0v) is 13.7. The van der Waals surface area contributed by atoms with Gasteiger partial charge >= 0.3 is 11.9 Å². The molecule has 0 radical (unpaired) electrons. The highest BCUT2D eigenvalue weighted by molar-refractivity contribution is 9.10. The van der Waals surface area contributed by atoms with Crippen molar-refractivity contribution >= 4 is 33.8 Å². The Labute approximate surface area is 136 Å². The van der Waals surface area contributed by atoms with E-state index in [1.54, 1.807) is 17.2 Å². The van der Waals surface area contributed by atoms with Gasteiger partial charge in [0.15, 0.2) is 6.61 Å². The van der Waals surface area contributed by atoms with Crippen LogP contribution in [0, 0.1) is 5.92 Å². The van der Waals surface area contributed by atoms with E-state index in [-0.39, 0.29) is 30.1 Å². The maximum atomic E-state index is 12.0. The molecule has 1 saturated heterocycles. The van der Waals surface area contributed by atoms with Crippen molar-refractivity contribution in [2.45, 2.75) is 12.8 Å². The number of piperidine rings is 1. The first kappa shape index (κ1) is 16.5. The molecule has 1 fully saturated rings. The lowest BCUT2D eigenvalue weighted by molar-refractivity contribution is -0.149. The van der Waals surface area contributed by atoms with Gasteiger partial charge in [-0.25, -0.2) is 4.79 Å². The average Bonchev–Trinajstić information content (AvgIpc) is 2.98. The number of esters is 2. The molecule has 1 aliphatic heterocycles. The van der Waals surface area contributed by atoms with E-state index < -0.39 is 5.97 Å². The molecule has 0 aromatic carbocycles. The summed E-state index contributed by atoms with van der Waals surface area (Å²) >= 11 is 3.21. The summed E-state index contributed by atoms with van der Waals surface area (Å²) in [6, 6.07) is 1.58. The van der Waals surface area contributed by atoms with E-state index in [1.807, 2.05) is 0 Å². The number of hydrogen-bond acceptors (Lipinski definition) is 5. The number of likely N-dealkylation sites (tertiary alicyclic amines) is 1. The fraction of sp³-hybridized carbons (Fsp3) is 0.500. The molecule has 1 aromatic heterocycles. The molecule has 22 heavy (non-hydrogen) atoms. The van der Waals surface area contributed by atoms with Gasteiger partial charge in [-0.1, -0.05) is 0 Å². The third-order valence-electron chi connectivity index (χ3n) is 3.58. The first-order valence-electron chi connectivity index (χ1n) is 6.88. The third-order valence-corrected chi connectivity index (χ3v) is 4.03. The second-order valence-electron chi connectivity index (χ2n) is 4.99. The number of methoxy groups -OCH3 is 1. The van der Waals surface area contributed by atoms with Crippen molar-refractivity contribution in [3.8, 4) is 0 Å². The summed E-state index contributed by atoms with van der Waals surface area (Å²) in [6.07, 6.45) is 2.74. The molecule has 120 valence electrons. The number of aromatic nitrogens is 1. The van der Waals surface area contributed by atoms with E-state index in [0.29, 0.717) is 25.9 Å². The molecule has 1 amide bonds. The maximum absolute atomic E-state index is 12.0. The Balaban J connectivity index is 1.76. The van der Waals surface area contributed by atoms with Gasteiger partial charge in [0.25, 0.3) is 5.91 Å². The van der Waals surface area contributed by atoms with Crippen molar-refractivity contribution in [2.24, 2.45) is 5.92 Å². The van der Waals surface area contributed by atoms with E-state index in [1.165, 1.54) is 7.11 Å². The number of halogens is 1. The van der Waals surface area contributed by atoms with Crippen LogP contribution < -0.4 is 0 Å². The van der Waals surface area contributed by atoms with E-state index in [2.05, 4.69) is 20.9 Å². The number of carbonyl (C=O) groups is 3. The number of nitrogens with zero attached hydrogens (tertiary/aromatic N) is 1. The van der Waals surface area contributed by atoms with Crippen molar-refractivity contribution in [2.75, 3.05) is 26.8 Å². The molecule has 1 aromatic rings. The summed E-state index contributed by atoms with van der Waals surface area (Å²) in [6.45, 7) is 0.618. The van der Waals surface area contributed by atoms with E-state index >= 15 is 0 Å². The molecule has 8 heteroatoms. The average molecular weight is 373 g/mol. The standard InChI is InChI=1S/C14H17BrN2O5/c1-21-13(19)9-2-4-17(5-3-9)12(18)8-22-14(20)11-6-10(15)7-16-11/h6-7,9,16H,2-5,8H2,1H3. The fourth-order valence-corrected chi connectivity index (χ4v) is 2.66. The van der Waals surface area contributed by atoms with Gasteiger partial charge in [-0.15, -0.1) is 0 Å². The third kappa shape index (κ3) is 4.09. The minimum atomic E-state index is -0.580. The summed E-state index contributed by atoms with van der Waals surface area (Å²) in [7, 11) is 1.36. The number of nitrogens with one attached hydrogen (secondary N) is 1. The van der Waals surface area contributed by atoms with Crippen LogP contribution in [0.25, 0.3) is 0 Å². The summed E-state index contributed by atoms with van der Waals surface area (Å²) in [5, 5.41) is 0. The smallest absolute Gasteiger partial charge is 0.355 e. The summed E-state index contributed by atoms with van der Waals surface area (Å²) in [5.41, 5.74) is 0.282. The van der Waals surface area contributed by atoms with Crippen LogP contribution in [0.15, 0.2) is 16.7 Å². The van der Waals surface area contributed by atoms with Crippen molar-refractivity contribution in [1.29, 1.82) is 0 Å². The molecular formula is C14H17BrN2O5. The van der Waals surface area contributed by atoms with Crippen LogP contribution in [0.3, 0.4) is 0 Å². The van der Waals surface area contributed by atoms with Gasteiger partial charge in [0.1, 0.15) is 5.69 Å². The van der Waals surface area contributed by atoms with Crippen molar-refractivity contribution in [3.63, 3.8) is 0 Å². The summed E-state index contributed by atoms with van der Waals surface area (Å²) < 4.78 is 10.4. The Hall–Kier alpha value is -1.83. The highest BCUT2D eigenvalue weighted by atomic mass is 79.9. The number of hydrogen-bond donors (Lipinski definition) is 1. The van der Waals surface area contributed by atoms with Gasteiger partial charge in [0.05, 0.1) is 13.0 Å². The highest BCUT2D eigenvalue weighted by Crippen LogP contribution is 2.18. The van der Waals surface area contributed by atoms with Gasteiger partial charge in [-0.3, -0.25) is 9.59 Å². The van der Waals surface area contributed by atoms with Gasteiger partial charge in [-0.05, 0) is 34.8 Å². The number of H-pyrrole nitrogens is 1. The van der Waals surface area contributed by atoms with Crippen LogP contribution in [0.1, 0.15) is 23.3 Å². The quantitative estimate of drug-likeness (QED) is 0.805. The van der Waals surface area contributed by atoms with Gasteiger partial charge in [0, 0.05) is 23.8 Å². The van der Waals surface area contributed by atoms with Crippen molar-refractivity contribution in [3.05, 3.63) is 22.4 Å². The van der Waals surface area contributed by atoms with E-state index in [9.17, 15) is 14.4 Å². The zero-order valence-electron chi connectivity index (χ0n) is 12.1. The van der Waals surface area contributed by atoms with Crippen molar-refractivity contribution < 1.29 is 23.9 Å². The molecule has 0 bridgehead atoms. The molecule has 1 N–H and O–H groups in total. The molecule has 0 saturated carbocycles. The summed E-state index contributed by atoms with van der Waals surface area (Å²) in [4.78, 5) is 39.5. The molecule has 0 aliphatic carbocycles. The van der Waals surface area contributed by atoms with Crippen LogP contribution in [0.5, 0.6) is 0 Å². The molecule has 0 atom stereocenters. The van der Waals surface area contributed by atoms with Gasteiger partial charge in [0.2, 0.25) is 0 Å². The Kier molecular flexibility index (Phi) is 5.59.